The van der Waals surface area contributed by atoms with Crippen molar-refractivity contribution in [1.82, 2.24) is 5.32 Å². The Morgan fingerprint density at radius 1 is 1.19 bits per heavy atom. The highest BCUT2D eigenvalue weighted by molar-refractivity contribution is 6.30. The van der Waals surface area contributed by atoms with Crippen LogP contribution >= 0.6 is 11.6 Å². The standard InChI is InChI=1S/C18H26ClNO/c1-2-13-20-18(15-7-5-3-4-6-8-15)14-21-17-11-9-16(19)10-12-17/h7,9-12,18,20H,2-6,8,13-14H2,1H3. The molecule has 0 amide bonds. The summed E-state index contributed by atoms with van der Waals surface area (Å²) >= 11 is 5.91. The van der Waals surface area contributed by atoms with Gasteiger partial charge in [0.1, 0.15) is 12.4 Å². The molecule has 0 bridgehead atoms. The van der Waals surface area contributed by atoms with E-state index < -0.39 is 0 Å². The van der Waals surface area contributed by atoms with Crippen LogP contribution in [0.15, 0.2) is 35.9 Å². The van der Waals surface area contributed by atoms with E-state index in [4.69, 9.17) is 16.3 Å². The van der Waals surface area contributed by atoms with Gasteiger partial charge in [0, 0.05) is 5.02 Å². The first kappa shape index (κ1) is 16.4. The lowest BCUT2D eigenvalue weighted by Gasteiger charge is -2.22. The summed E-state index contributed by atoms with van der Waals surface area (Å²) in [4.78, 5) is 0. The molecule has 1 aliphatic rings. The summed E-state index contributed by atoms with van der Waals surface area (Å²) in [5.74, 6) is 0.886. The predicted molar refractivity (Wildman–Crippen MR) is 90.2 cm³/mol. The van der Waals surface area contributed by atoms with E-state index in [0.717, 1.165) is 23.7 Å². The van der Waals surface area contributed by atoms with Gasteiger partial charge in [-0.2, -0.15) is 0 Å². The Kier molecular flexibility index (Phi) is 7.11. The van der Waals surface area contributed by atoms with Crippen molar-refractivity contribution < 1.29 is 4.74 Å². The topological polar surface area (TPSA) is 21.3 Å². The smallest absolute Gasteiger partial charge is 0.119 e. The minimum atomic E-state index is 0.332. The number of rotatable bonds is 7. The molecule has 116 valence electrons. The van der Waals surface area contributed by atoms with Gasteiger partial charge in [0.2, 0.25) is 0 Å². The number of ether oxygens (including phenoxy) is 1. The normalized spacial score (nSPS) is 17.0. The SMILES string of the molecule is CCCNC(COc1ccc(Cl)cc1)C1=CCCCCC1. The molecule has 1 atom stereocenters. The molecule has 0 saturated heterocycles. The Morgan fingerprint density at radius 3 is 2.76 bits per heavy atom. The first-order valence-corrected chi connectivity index (χ1v) is 8.48. The number of allylic oxidation sites excluding steroid dienone is 1. The molecule has 0 saturated carbocycles. The van der Waals surface area contributed by atoms with E-state index in [1.807, 2.05) is 24.3 Å². The fourth-order valence-electron chi connectivity index (χ4n) is 2.68. The van der Waals surface area contributed by atoms with E-state index in [1.165, 1.54) is 37.7 Å². The van der Waals surface area contributed by atoms with Crippen LogP contribution in [0.2, 0.25) is 5.02 Å². The van der Waals surface area contributed by atoms with Gasteiger partial charge in [0.05, 0.1) is 6.04 Å². The molecule has 1 N–H and O–H groups in total. The van der Waals surface area contributed by atoms with Gasteiger partial charge in [0.25, 0.3) is 0 Å². The van der Waals surface area contributed by atoms with Gasteiger partial charge >= 0.3 is 0 Å². The highest BCUT2D eigenvalue weighted by atomic mass is 35.5. The Labute approximate surface area is 133 Å². The minimum absolute atomic E-state index is 0.332. The number of halogens is 1. The number of nitrogens with one attached hydrogen (secondary N) is 1. The van der Waals surface area contributed by atoms with Crippen LogP contribution < -0.4 is 10.1 Å². The van der Waals surface area contributed by atoms with Crippen LogP contribution in [0.25, 0.3) is 0 Å². The predicted octanol–water partition coefficient (Wildman–Crippen LogP) is 4.98. The highest BCUT2D eigenvalue weighted by Gasteiger charge is 2.15. The molecule has 2 rings (SSSR count). The Hall–Kier alpha value is -0.990. The molecule has 0 radical (unpaired) electrons. The lowest BCUT2D eigenvalue weighted by molar-refractivity contribution is 0.278. The monoisotopic (exact) mass is 307 g/mol. The van der Waals surface area contributed by atoms with Crippen molar-refractivity contribution in [3.05, 3.63) is 40.9 Å². The second-order valence-corrected chi connectivity index (χ2v) is 6.09. The van der Waals surface area contributed by atoms with E-state index in [2.05, 4.69) is 18.3 Å². The molecule has 1 unspecified atom stereocenters. The fraction of sp³-hybridized carbons (Fsp3) is 0.556. The number of hydrogen-bond donors (Lipinski definition) is 1. The molecule has 0 aliphatic heterocycles. The summed E-state index contributed by atoms with van der Waals surface area (Å²) in [5.41, 5.74) is 1.52. The quantitative estimate of drug-likeness (QED) is 0.717. The number of benzene rings is 1. The van der Waals surface area contributed by atoms with Crippen LogP contribution in [0.5, 0.6) is 5.75 Å². The van der Waals surface area contributed by atoms with Crippen LogP contribution in [-0.4, -0.2) is 19.2 Å². The third-order valence-electron chi connectivity index (χ3n) is 3.89. The van der Waals surface area contributed by atoms with Gasteiger partial charge in [-0.15, -0.1) is 0 Å². The van der Waals surface area contributed by atoms with Gasteiger partial charge in [0.15, 0.2) is 0 Å². The van der Waals surface area contributed by atoms with E-state index in [-0.39, 0.29) is 0 Å². The Morgan fingerprint density at radius 2 is 2.00 bits per heavy atom. The van der Waals surface area contributed by atoms with Crippen molar-refractivity contribution in [3.8, 4) is 5.75 Å². The molecule has 1 aromatic carbocycles. The zero-order chi connectivity index (χ0) is 14.9. The molecule has 0 spiro atoms. The highest BCUT2D eigenvalue weighted by Crippen LogP contribution is 2.21. The second-order valence-electron chi connectivity index (χ2n) is 5.65. The van der Waals surface area contributed by atoms with Crippen molar-refractivity contribution in [2.45, 2.75) is 51.5 Å². The summed E-state index contributed by atoms with van der Waals surface area (Å²) in [5, 5.41) is 4.37. The summed E-state index contributed by atoms with van der Waals surface area (Å²) in [7, 11) is 0. The largest absolute Gasteiger partial charge is 0.492 e. The second kappa shape index (κ2) is 9.11. The molecule has 3 heteroatoms. The molecule has 0 heterocycles. The van der Waals surface area contributed by atoms with Crippen LogP contribution in [0.1, 0.15) is 45.4 Å². The van der Waals surface area contributed by atoms with Crippen LogP contribution in [0.3, 0.4) is 0 Å². The van der Waals surface area contributed by atoms with Crippen LogP contribution in [0.4, 0.5) is 0 Å². The average molecular weight is 308 g/mol. The summed E-state index contributed by atoms with van der Waals surface area (Å²) in [6.07, 6.45) is 9.94. The maximum atomic E-state index is 5.95. The van der Waals surface area contributed by atoms with Gasteiger partial charge in [-0.25, -0.2) is 0 Å². The van der Waals surface area contributed by atoms with Crippen molar-refractivity contribution >= 4 is 11.6 Å². The minimum Gasteiger partial charge on any atom is -0.492 e. The molecule has 1 aromatic rings. The molecular formula is C18H26ClNO. The first-order chi connectivity index (χ1) is 10.3. The van der Waals surface area contributed by atoms with E-state index in [9.17, 15) is 0 Å². The third kappa shape index (κ3) is 5.72. The van der Waals surface area contributed by atoms with Gasteiger partial charge < -0.3 is 10.1 Å². The van der Waals surface area contributed by atoms with Gasteiger partial charge in [-0.1, -0.05) is 36.6 Å². The molecule has 1 aliphatic carbocycles. The maximum Gasteiger partial charge on any atom is 0.119 e. The van der Waals surface area contributed by atoms with E-state index >= 15 is 0 Å². The zero-order valence-corrected chi connectivity index (χ0v) is 13.7. The van der Waals surface area contributed by atoms with Crippen molar-refractivity contribution in [2.75, 3.05) is 13.2 Å². The molecule has 0 aromatic heterocycles. The maximum absolute atomic E-state index is 5.95. The van der Waals surface area contributed by atoms with E-state index in [0.29, 0.717) is 12.6 Å². The van der Waals surface area contributed by atoms with Crippen LogP contribution in [-0.2, 0) is 0 Å². The first-order valence-electron chi connectivity index (χ1n) is 8.10. The van der Waals surface area contributed by atoms with Crippen LogP contribution in [0, 0.1) is 0 Å². The zero-order valence-electron chi connectivity index (χ0n) is 12.9. The van der Waals surface area contributed by atoms with E-state index in [1.54, 1.807) is 0 Å². The van der Waals surface area contributed by atoms with Gasteiger partial charge in [-0.3, -0.25) is 0 Å². The fourth-order valence-corrected chi connectivity index (χ4v) is 2.81. The summed E-state index contributed by atoms with van der Waals surface area (Å²) in [6, 6.07) is 7.94. The van der Waals surface area contributed by atoms with Gasteiger partial charge in [-0.05, 0) is 62.9 Å². The Bertz CT molecular complexity index is 441. The van der Waals surface area contributed by atoms with Crippen molar-refractivity contribution in [1.29, 1.82) is 0 Å². The van der Waals surface area contributed by atoms with Crippen molar-refractivity contribution in [3.63, 3.8) is 0 Å². The lowest BCUT2D eigenvalue weighted by atomic mass is 10.0. The molecular weight excluding hydrogens is 282 g/mol. The molecule has 0 fully saturated rings. The average Bonchev–Trinajstić information content (AvgIpc) is 2.78. The van der Waals surface area contributed by atoms with Crippen molar-refractivity contribution in [2.24, 2.45) is 0 Å². The summed E-state index contributed by atoms with van der Waals surface area (Å²) < 4.78 is 5.95. The molecule has 21 heavy (non-hydrogen) atoms. The lowest BCUT2D eigenvalue weighted by Crippen LogP contribution is -2.37. The summed E-state index contributed by atoms with van der Waals surface area (Å²) in [6.45, 7) is 3.92. The third-order valence-corrected chi connectivity index (χ3v) is 4.15. The number of hydrogen-bond acceptors (Lipinski definition) is 2. The molecule has 2 nitrogen and oxygen atoms in total. The Balaban J connectivity index is 1.94.